The lowest BCUT2D eigenvalue weighted by Gasteiger charge is -2.25. The third-order valence-electron chi connectivity index (χ3n) is 3.55. The first-order valence-electron chi connectivity index (χ1n) is 5.88. The van der Waals surface area contributed by atoms with E-state index in [2.05, 4.69) is 0 Å². The molecule has 0 heterocycles. The number of nitrogens with two attached hydrogens (primary N) is 1. The standard InChI is InChI=1S/C13H16FNO3/c1-18-11-9(12(16)17)6-8(7-10(11)14)13(15)4-2-3-5-13/h6-7H,2-5,15H2,1H3,(H,16,17). The zero-order chi connectivity index (χ0) is 13.3. The Balaban J connectivity index is 2.54. The molecule has 0 spiro atoms. The van der Waals surface area contributed by atoms with Crippen LogP contribution in [-0.4, -0.2) is 18.2 Å². The average Bonchev–Trinajstić information content (AvgIpc) is 2.76. The van der Waals surface area contributed by atoms with Crippen molar-refractivity contribution in [3.8, 4) is 5.75 Å². The van der Waals surface area contributed by atoms with Crippen molar-refractivity contribution in [3.63, 3.8) is 0 Å². The number of hydrogen-bond donors (Lipinski definition) is 2. The van der Waals surface area contributed by atoms with E-state index in [9.17, 15) is 9.18 Å². The summed E-state index contributed by atoms with van der Waals surface area (Å²) in [7, 11) is 1.25. The number of carboxylic acids is 1. The molecule has 1 saturated carbocycles. The molecule has 2 rings (SSSR count). The molecule has 98 valence electrons. The van der Waals surface area contributed by atoms with E-state index < -0.39 is 17.3 Å². The van der Waals surface area contributed by atoms with Gasteiger partial charge in [0, 0.05) is 5.54 Å². The fourth-order valence-corrected chi connectivity index (χ4v) is 2.54. The summed E-state index contributed by atoms with van der Waals surface area (Å²) < 4.78 is 18.6. The number of hydrogen-bond acceptors (Lipinski definition) is 3. The van der Waals surface area contributed by atoms with E-state index in [1.54, 1.807) is 0 Å². The molecule has 0 amide bonds. The van der Waals surface area contributed by atoms with Crippen molar-refractivity contribution in [3.05, 3.63) is 29.1 Å². The molecular formula is C13H16FNO3. The molecule has 1 aromatic rings. The first-order chi connectivity index (χ1) is 8.48. The summed E-state index contributed by atoms with van der Waals surface area (Å²) in [6, 6.07) is 2.71. The highest BCUT2D eigenvalue weighted by atomic mass is 19.1. The zero-order valence-electron chi connectivity index (χ0n) is 10.2. The molecular weight excluding hydrogens is 237 g/mol. The van der Waals surface area contributed by atoms with Crippen molar-refractivity contribution in [2.75, 3.05) is 7.11 Å². The quantitative estimate of drug-likeness (QED) is 0.866. The number of halogens is 1. The largest absolute Gasteiger partial charge is 0.493 e. The lowest BCUT2D eigenvalue weighted by Crippen LogP contribution is -2.33. The first kappa shape index (κ1) is 12.8. The summed E-state index contributed by atoms with van der Waals surface area (Å²) in [4.78, 5) is 11.1. The number of carboxylic acid groups (broad SMARTS) is 1. The number of methoxy groups -OCH3 is 1. The zero-order valence-corrected chi connectivity index (χ0v) is 10.2. The van der Waals surface area contributed by atoms with Crippen molar-refractivity contribution in [1.82, 2.24) is 0 Å². The highest BCUT2D eigenvalue weighted by molar-refractivity contribution is 5.91. The van der Waals surface area contributed by atoms with Gasteiger partial charge in [-0.2, -0.15) is 0 Å². The smallest absolute Gasteiger partial charge is 0.339 e. The van der Waals surface area contributed by atoms with Crippen LogP contribution < -0.4 is 10.5 Å². The Hall–Kier alpha value is -1.62. The van der Waals surface area contributed by atoms with Crippen LogP contribution in [0.1, 0.15) is 41.6 Å². The first-order valence-corrected chi connectivity index (χ1v) is 5.88. The molecule has 0 saturated heterocycles. The molecule has 0 bridgehead atoms. The molecule has 18 heavy (non-hydrogen) atoms. The van der Waals surface area contributed by atoms with Crippen LogP contribution in [0, 0.1) is 5.82 Å². The summed E-state index contributed by atoms with van der Waals surface area (Å²) in [5.74, 6) is -2.13. The summed E-state index contributed by atoms with van der Waals surface area (Å²) in [5, 5.41) is 9.08. The second-order valence-corrected chi connectivity index (χ2v) is 4.71. The lowest BCUT2D eigenvalue weighted by molar-refractivity contribution is 0.0692. The van der Waals surface area contributed by atoms with Gasteiger partial charge >= 0.3 is 5.97 Å². The number of ether oxygens (including phenoxy) is 1. The molecule has 0 atom stereocenters. The van der Waals surface area contributed by atoms with Gasteiger partial charge in [-0.25, -0.2) is 9.18 Å². The van der Waals surface area contributed by atoms with E-state index in [-0.39, 0.29) is 11.3 Å². The van der Waals surface area contributed by atoms with Crippen molar-refractivity contribution in [2.24, 2.45) is 5.73 Å². The Morgan fingerprint density at radius 3 is 2.56 bits per heavy atom. The maximum absolute atomic E-state index is 13.9. The Kier molecular flexibility index (Phi) is 3.26. The minimum Gasteiger partial charge on any atom is -0.493 e. The Bertz CT molecular complexity index is 481. The van der Waals surface area contributed by atoms with Gasteiger partial charge in [-0.15, -0.1) is 0 Å². The Morgan fingerprint density at radius 2 is 2.06 bits per heavy atom. The van der Waals surface area contributed by atoms with E-state index >= 15 is 0 Å². The monoisotopic (exact) mass is 253 g/mol. The van der Waals surface area contributed by atoms with Crippen molar-refractivity contribution >= 4 is 5.97 Å². The Labute approximate surface area is 105 Å². The molecule has 0 aromatic heterocycles. The molecule has 0 radical (unpaired) electrons. The summed E-state index contributed by atoms with van der Waals surface area (Å²) >= 11 is 0. The molecule has 1 aromatic carbocycles. The number of carbonyl (C=O) groups is 1. The van der Waals surface area contributed by atoms with Crippen LogP contribution in [0.5, 0.6) is 5.75 Å². The Morgan fingerprint density at radius 1 is 1.44 bits per heavy atom. The fourth-order valence-electron chi connectivity index (χ4n) is 2.54. The average molecular weight is 253 g/mol. The highest BCUT2D eigenvalue weighted by Gasteiger charge is 2.33. The third kappa shape index (κ3) is 2.06. The van der Waals surface area contributed by atoms with Crippen LogP contribution in [0.25, 0.3) is 0 Å². The predicted molar refractivity (Wildman–Crippen MR) is 64.2 cm³/mol. The van der Waals surface area contributed by atoms with Gasteiger partial charge in [-0.3, -0.25) is 0 Å². The summed E-state index contributed by atoms with van der Waals surface area (Å²) in [6.07, 6.45) is 3.45. The van der Waals surface area contributed by atoms with Gasteiger partial charge in [0.1, 0.15) is 5.56 Å². The number of aromatic carboxylic acids is 1. The van der Waals surface area contributed by atoms with Gasteiger partial charge in [0.25, 0.3) is 0 Å². The van der Waals surface area contributed by atoms with Gasteiger partial charge in [0.05, 0.1) is 7.11 Å². The third-order valence-corrected chi connectivity index (χ3v) is 3.55. The minimum absolute atomic E-state index is 0.177. The normalized spacial score (nSPS) is 17.7. The fraction of sp³-hybridized carbons (Fsp3) is 0.462. The van der Waals surface area contributed by atoms with Gasteiger partial charge in [0.2, 0.25) is 0 Å². The SMILES string of the molecule is COc1c(F)cc(C2(N)CCCC2)cc1C(=O)O. The van der Waals surface area contributed by atoms with Crippen LogP contribution in [0.3, 0.4) is 0 Å². The van der Waals surface area contributed by atoms with E-state index in [0.29, 0.717) is 5.56 Å². The van der Waals surface area contributed by atoms with Crippen LogP contribution in [0.2, 0.25) is 0 Å². The van der Waals surface area contributed by atoms with Crippen LogP contribution >= 0.6 is 0 Å². The molecule has 1 aliphatic rings. The predicted octanol–water partition coefficient (Wildman–Crippen LogP) is 2.26. The molecule has 4 nitrogen and oxygen atoms in total. The lowest BCUT2D eigenvalue weighted by atomic mass is 9.88. The molecule has 1 fully saturated rings. The van der Waals surface area contributed by atoms with Gasteiger partial charge < -0.3 is 15.6 Å². The number of benzene rings is 1. The van der Waals surface area contributed by atoms with E-state index in [1.807, 2.05) is 0 Å². The molecule has 3 N–H and O–H groups in total. The second kappa shape index (κ2) is 4.57. The van der Waals surface area contributed by atoms with E-state index in [0.717, 1.165) is 25.7 Å². The van der Waals surface area contributed by atoms with E-state index in [1.165, 1.54) is 19.2 Å². The van der Waals surface area contributed by atoms with Gasteiger partial charge in [-0.1, -0.05) is 12.8 Å². The van der Waals surface area contributed by atoms with Crippen LogP contribution in [-0.2, 0) is 5.54 Å². The highest BCUT2D eigenvalue weighted by Crippen LogP contribution is 2.38. The van der Waals surface area contributed by atoms with Crippen LogP contribution in [0.15, 0.2) is 12.1 Å². The molecule has 0 unspecified atom stereocenters. The maximum atomic E-state index is 13.9. The summed E-state index contributed by atoms with van der Waals surface area (Å²) in [6.45, 7) is 0. The number of rotatable bonds is 3. The van der Waals surface area contributed by atoms with Crippen molar-refractivity contribution < 1.29 is 19.0 Å². The molecule has 1 aliphatic carbocycles. The topological polar surface area (TPSA) is 72.5 Å². The minimum atomic E-state index is -1.21. The van der Waals surface area contributed by atoms with Crippen molar-refractivity contribution in [1.29, 1.82) is 0 Å². The van der Waals surface area contributed by atoms with Gasteiger partial charge in [-0.05, 0) is 30.5 Å². The molecule has 5 heteroatoms. The van der Waals surface area contributed by atoms with Crippen LogP contribution in [0.4, 0.5) is 4.39 Å². The second-order valence-electron chi connectivity index (χ2n) is 4.71. The van der Waals surface area contributed by atoms with Gasteiger partial charge in [0.15, 0.2) is 11.6 Å². The maximum Gasteiger partial charge on any atom is 0.339 e. The van der Waals surface area contributed by atoms with E-state index in [4.69, 9.17) is 15.6 Å². The molecule has 0 aliphatic heterocycles. The van der Waals surface area contributed by atoms with Crippen molar-refractivity contribution in [2.45, 2.75) is 31.2 Å². The summed E-state index contributed by atoms with van der Waals surface area (Å²) in [5.41, 5.74) is 5.96.